The number of anilines is 1. The zero-order chi connectivity index (χ0) is 22.1. The smallest absolute Gasteiger partial charge is 0.234 e. The van der Waals surface area contributed by atoms with Crippen molar-refractivity contribution in [3.05, 3.63) is 48.5 Å². The van der Waals surface area contributed by atoms with Gasteiger partial charge >= 0.3 is 0 Å². The third-order valence-electron chi connectivity index (χ3n) is 4.60. The summed E-state index contributed by atoms with van der Waals surface area (Å²) in [6, 6.07) is 15.2. The lowest BCUT2D eigenvalue weighted by atomic mass is 10.2. The number of hydrogen-bond donors (Lipinski definition) is 1. The van der Waals surface area contributed by atoms with Gasteiger partial charge in [-0.05, 0) is 49.7 Å². The van der Waals surface area contributed by atoms with E-state index >= 15 is 0 Å². The van der Waals surface area contributed by atoms with Gasteiger partial charge in [-0.25, -0.2) is 0 Å². The number of nitrogens with zero attached hydrogens (tertiary/aromatic N) is 3. The average Bonchev–Trinajstić information content (AvgIpc) is 3.21. The van der Waals surface area contributed by atoms with Gasteiger partial charge in [0.1, 0.15) is 11.5 Å². The molecule has 1 heterocycles. The molecule has 0 unspecified atom stereocenters. The van der Waals surface area contributed by atoms with Gasteiger partial charge in [0, 0.05) is 23.9 Å². The fourth-order valence-electron chi connectivity index (χ4n) is 2.96. The molecule has 0 atom stereocenters. The third kappa shape index (κ3) is 6.24. The maximum absolute atomic E-state index is 12.4. The van der Waals surface area contributed by atoms with Gasteiger partial charge in [0.15, 0.2) is 11.0 Å². The Morgan fingerprint density at radius 2 is 1.90 bits per heavy atom. The normalized spacial score (nSPS) is 10.7. The molecule has 31 heavy (non-hydrogen) atoms. The van der Waals surface area contributed by atoms with E-state index in [0.29, 0.717) is 23.1 Å². The van der Waals surface area contributed by atoms with Crippen molar-refractivity contribution in [3.63, 3.8) is 0 Å². The highest BCUT2D eigenvalue weighted by atomic mass is 32.2. The molecule has 1 N–H and O–H groups in total. The minimum absolute atomic E-state index is 0.112. The Bertz CT molecular complexity index is 989. The molecule has 3 aromatic rings. The first-order valence-electron chi connectivity index (χ1n) is 10.4. The summed E-state index contributed by atoms with van der Waals surface area (Å²) < 4.78 is 12.9. The highest BCUT2D eigenvalue weighted by Gasteiger charge is 2.15. The largest absolute Gasteiger partial charge is 0.497 e. The minimum Gasteiger partial charge on any atom is -0.497 e. The first-order chi connectivity index (χ1) is 15.1. The van der Waals surface area contributed by atoms with E-state index < -0.39 is 0 Å². The Labute approximate surface area is 187 Å². The van der Waals surface area contributed by atoms with E-state index in [1.165, 1.54) is 11.8 Å². The predicted molar refractivity (Wildman–Crippen MR) is 124 cm³/mol. The molecule has 0 aliphatic heterocycles. The summed E-state index contributed by atoms with van der Waals surface area (Å²) in [7, 11) is 1.60. The quantitative estimate of drug-likeness (QED) is 0.338. The first kappa shape index (κ1) is 22.7. The van der Waals surface area contributed by atoms with Crippen molar-refractivity contribution in [2.24, 2.45) is 0 Å². The molecule has 1 aromatic heterocycles. The minimum atomic E-state index is -0.112. The van der Waals surface area contributed by atoms with Crippen molar-refractivity contribution in [3.8, 4) is 22.9 Å². The van der Waals surface area contributed by atoms with Crippen LogP contribution in [0.25, 0.3) is 11.4 Å². The zero-order valence-corrected chi connectivity index (χ0v) is 18.9. The molecule has 0 radical (unpaired) electrons. The highest BCUT2D eigenvalue weighted by Crippen LogP contribution is 2.26. The Balaban J connectivity index is 1.62. The molecule has 8 heteroatoms. The Morgan fingerprint density at radius 1 is 1.10 bits per heavy atom. The van der Waals surface area contributed by atoms with Crippen molar-refractivity contribution in [2.45, 2.75) is 38.4 Å². The first-order valence-corrected chi connectivity index (χ1v) is 11.4. The van der Waals surface area contributed by atoms with E-state index in [2.05, 4.69) is 22.4 Å². The molecule has 0 spiro atoms. The molecular weight excluding hydrogens is 412 g/mol. The van der Waals surface area contributed by atoms with E-state index in [-0.39, 0.29) is 11.7 Å². The molecule has 0 aliphatic rings. The van der Waals surface area contributed by atoms with E-state index in [1.807, 2.05) is 54.0 Å². The maximum atomic E-state index is 12.4. The number of carbonyl (C=O) groups is 1. The van der Waals surface area contributed by atoms with Gasteiger partial charge in [-0.2, -0.15) is 0 Å². The number of ether oxygens (including phenoxy) is 2. The number of aromatic nitrogens is 3. The molecule has 0 bridgehead atoms. The molecule has 164 valence electrons. The van der Waals surface area contributed by atoms with Crippen LogP contribution < -0.4 is 14.8 Å². The topological polar surface area (TPSA) is 78.3 Å². The molecular formula is C23H28N4O3S. The maximum Gasteiger partial charge on any atom is 0.234 e. The van der Waals surface area contributed by atoms with Crippen molar-refractivity contribution in [1.82, 2.24) is 14.8 Å². The van der Waals surface area contributed by atoms with Gasteiger partial charge in [-0.1, -0.05) is 31.2 Å². The highest BCUT2D eigenvalue weighted by molar-refractivity contribution is 7.99. The Hall–Kier alpha value is -3.00. The van der Waals surface area contributed by atoms with E-state index in [9.17, 15) is 4.79 Å². The van der Waals surface area contributed by atoms with E-state index in [4.69, 9.17) is 9.47 Å². The van der Waals surface area contributed by atoms with Crippen LogP contribution in [0.3, 0.4) is 0 Å². The van der Waals surface area contributed by atoms with Crippen LogP contribution >= 0.6 is 11.8 Å². The molecule has 1 amide bonds. The van der Waals surface area contributed by atoms with Crippen molar-refractivity contribution in [1.29, 1.82) is 0 Å². The van der Waals surface area contributed by atoms with Crippen LogP contribution in [0.1, 0.15) is 26.7 Å². The molecule has 0 saturated carbocycles. The van der Waals surface area contributed by atoms with Crippen LogP contribution in [0.4, 0.5) is 5.69 Å². The lowest BCUT2D eigenvalue weighted by Gasteiger charge is -2.09. The molecule has 3 rings (SSSR count). The fourth-order valence-corrected chi connectivity index (χ4v) is 3.76. The fraction of sp³-hybridized carbons (Fsp3) is 0.348. The van der Waals surface area contributed by atoms with Gasteiger partial charge in [0.05, 0.1) is 19.5 Å². The summed E-state index contributed by atoms with van der Waals surface area (Å²) in [5.41, 5.74) is 1.66. The number of benzene rings is 2. The van der Waals surface area contributed by atoms with E-state index in [1.54, 1.807) is 13.2 Å². The molecule has 2 aromatic carbocycles. The molecule has 0 aliphatic carbocycles. The third-order valence-corrected chi connectivity index (χ3v) is 5.56. The van der Waals surface area contributed by atoms with Crippen molar-refractivity contribution in [2.75, 3.05) is 24.8 Å². The molecule has 0 fully saturated rings. The van der Waals surface area contributed by atoms with Crippen LogP contribution in [0, 0.1) is 0 Å². The second-order valence-corrected chi connectivity index (χ2v) is 7.79. The Morgan fingerprint density at radius 3 is 2.61 bits per heavy atom. The monoisotopic (exact) mass is 440 g/mol. The second kappa shape index (κ2) is 11.4. The summed E-state index contributed by atoms with van der Waals surface area (Å²) in [5.74, 6) is 2.45. The van der Waals surface area contributed by atoms with Gasteiger partial charge in [0.25, 0.3) is 0 Å². The van der Waals surface area contributed by atoms with Crippen molar-refractivity contribution < 1.29 is 14.3 Å². The number of rotatable bonds is 11. The number of amides is 1. The predicted octanol–water partition coefficient (Wildman–Crippen LogP) is 4.88. The SMILES string of the molecule is CCCCOc1ccc(-c2nnc(SCC(=O)Nc3cccc(OC)c3)n2CC)cc1. The van der Waals surface area contributed by atoms with Gasteiger partial charge in [-0.3, -0.25) is 4.79 Å². The summed E-state index contributed by atoms with van der Waals surface area (Å²) in [4.78, 5) is 12.4. The van der Waals surface area contributed by atoms with Crippen LogP contribution in [0.2, 0.25) is 0 Å². The van der Waals surface area contributed by atoms with Gasteiger partial charge in [0.2, 0.25) is 5.91 Å². The summed E-state index contributed by atoms with van der Waals surface area (Å²) in [6.07, 6.45) is 2.15. The molecule has 0 saturated heterocycles. The van der Waals surface area contributed by atoms with Crippen LogP contribution in [-0.2, 0) is 11.3 Å². The number of carbonyl (C=O) groups excluding carboxylic acids is 1. The standard InChI is InChI=1S/C23H28N4O3S/c1-4-6-14-30-19-12-10-17(11-13-19)22-25-26-23(27(22)5-2)31-16-21(28)24-18-8-7-9-20(15-18)29-3/h7-13,15H,4-6,14,16H2,1-3H3,(H,24,28). The zero-order valence-electron chi connectivity index (χ0n) is 18.1. The van der Waals surface area contributed by atoms with E-state index in [0.717, 1.165) is 36.6 Å². The van der Waals surface area contributed by atoms with Gasteiger partial charge in [-0.15, -0.1) is 10.2 Å². The number of unbranched alkanes of at least 4 members (excludes halogenated alkanes) is 1. The molecule has 7 nitrogen and oxygen atoms in total. The van der Waals surface area contributed by atoms with Crippen LogP contribution in [0.5, 0.6) is 11.5 Å². The van der Waals surface area contributed by atoms with Crippen LogP contribution in [-0.4, -0.2) is 40.1 Å². The lowest BCUT2D eigenvalue weighted by Crippen LogP contribution is -2.14. The van der Waals surface area contributed by atoms with Crippen molar-refractivity contribution >= 4 is 23.4 Å². The Kier molecular flexibility index (Phi) is 8.35. The summed E-state index contributed by atoms with van der Waals surface area (Å²) >= 11 is 1.36. The number of methoxy groups -OCH3 is 1. The summed E-state index contributed by atoms with van der Waals surface area (Å²) in [6.45, 7) is 5.61. The number of nitrogens with one attached hydrogen (secondary N) is 1. The number of thioether (sulfide) groups is 1. The summed E-state index contributed by atoms with van der Waals surface area (Å²) in [5, 5.41) is 12.2. The second-order valence-electron chi connectivity index (χ2n) is 6.85. The van der Waals surface area contributed by atoms with Crippen LogP contribution in [0.15, 0.2) is 53.7 Å². The average molecular weight is 441 g/mol. The van der Waals surface area contributed by atoms with Gasteiger partial charge < -0.3 is 19.4 Å². The lowest BCUT2D eigenvalue weighted by molar-refractivity contribution is -0.113. The number of hydrogen-bond acceptors (Lipinski definition) is 6.